The smallest absolute Gasteiger partial charge is 0.124 e. The van der Waals surface area contributed by atoms with E-state index in [1.165, 1.54) is 27.7 Å². The molecule has 2 N–H and O–H groups in total. The molecule has 1 aliphatic heterocycles. The number of aromatic nitrogens is 1. The van der Waals surface area contributed by atoms with Crippen LogP contribution in [-0.4, -0.2) is 11.6 Å². The monoisotopic (exact) mass is 306 g/mol. The molecule has 0 saturated carbocycles. The Morgan fingerprint density at radius 2 is 2.09 bits per heavy atom. The molecule has 2 aromatic carbocycles. The van der Waals surface area contributed by atoms with Gasteiger partial charge in [-0.1, -0.05) is 37.3 Å². The Balaban J connectivity index is 1.53. The summed E-state index contributed by atoms with van der Waals surface area (Å²) in [5, 5.41) is 4.96. The predicted octanol–water partition coefficient (Wildman–Crippen LogP) is 4.34. The van der Waals surface area contributed by atoms with Crippen LogP contribution >= 0.6 is 0 Å². The van der Waals surface area contributed by atoms with E-state index in [-0.39, 0.29) is 0 Å². The lowest BCUT2D eigenvalue weighted by Gasteiger charge is -2.27. The highest BCUT2D eigenvalue weighted by molar-refractivity contribution is 5.80. The van der Waals surface area contributed by atoms with Gasteiger partial charge in [-0.3, -0.25) is 0 Å². The van der Waals surface area contributed by atoms with Crippen molar-refractivity contribution in [2.45, 2.75) is 32.4 Å². The highest BCUT2D eigenvalue weighted by Gasteiger charge is 2.21. The fourth-order valence-electron chi connectivity index (χ4n) is 3.34. The average molecular weight is 306 g/mol. The molecule has 1 aromatic heterocycles. The fraction of sp³-hybridized carbons (Fsp3) is 0.300. The van der Waals surface area contributed by atoms with Gasteiger partial charge in [0.05, 0.1) is 6.61 Å². The van der Waals surface area contributed by atoms with E-state index in [1.807, 2.05) is 0 Å². The van der Waals surface area contributed by atoms with Crippen LogP contribution in [0.2, 0.25) is 0 Å². The molecule has 0 saturated heterocycles. The SMILES string of the molecule is CCc1ccc2c(c1)[C@@H](NCc1cc3ccccc3[nH]1)CCO2. The van der Waals surface area contributed by atoms with Crippen LogP contribution in [0.15, 0.2) is 48.5 Å². The molecule has 0 radical (unpaired) electrons. The number of nitrogens with one attached hydrogen (secondary N) is 2. The molecule has 23 heavy (non-hydrogen) atoms. The summed E-state index contributed by atoms with van der Waals surface area (Å²) in [5.74, 6) is 1.03. The van der Waals surface area contributed by atoms with Crippen molar-refractivity contribution in [3.8, 4) is 5.75 Å². The standard InChI is InChI=1S/C20H22N2O/c1-2-14-7-8-20-17(11-14)19(9-10-23-20)21-13-16-12-15-5-3-4-6-18(15)22-16/h3-8,11-12,19,21-22H,2,9-10,13H2,1H3/t19-/m0/s1. The third-order valence-electron chi connectivity index (χ3n) is 4.65. The first-order chi connectivity index (χ1) is 11.3. The largest absolute Gasteiger partial charge is 0.493 e. The van der Waals surface area contributed by atoms with Gasteiger partial charge < -0.3 is 15.0 Å². The van der Waals surface area contributed by atoms with Gasteiger partial charge in [0.25, 0.3) is 0 Å². The molecule has 3 aromatic rings. The lowest BCUT2D eigenvalue weighted by atomic mass is 9.97. The second-order valence-corrected chi connectivity index (χ2v) is 6.18. The Bertz CT molecular complexity index is 788. The first kappa shape index (κ1) is 14.3. The second kappa shape index (κ2) is 6.09. The normalized spacial score (nSPS) is 17.0. The van der Waals surface area contributed by atoms with Gasteiger partial charge in [0.2, 0.25) is 0 Å². The van der Waals surface area contributed by atoms with Crippen molar-refractivity contribution in [3.63, 3.8) is 0 Å². The number of H-pyrrole nitrogens is 1. The zero-order chi connectivity index (χ0) is 15.6. The van der Waals surface area contributed by atoms with Crippen molar-refractivity contribution in [3.05, 3.63) is 65.4 Å². The first-order valence-electron chi connectivity index (χ1n) is 8.39. The van der Waals surface area contributed by atoms with E-state index in [2.05, 4.69) is 65.8 Å². The number of hydrogen-bond acceptors (Lipinski definition) is 2. The molecule has 0 bridgehead atoms. The summed E-state index contributed by atoms with van der Waals surface area (Å²) < 4.78 is 5.81. The van der Waals surface area contributed by atoms with Crippen molar-refractivity contribution >= 4 is 10.9 Å². The number of fused-ring (bicyclic) bond motifs is 2. The summed E-state index contributed by atoms with van der Waals surface area (Å²) >= 11 is 0. The van der Waals surface area contributed by atoms with Gasteiger partial charge in [-0.25, -0.2) is 0 Å². The molecule has 0 spiro atoms. The Labute approximate surface area is 136 Å². The third-order valence-corrected chi connectivity index (χ3v) is 4.65. The molecule has 3 nitrogen and oxygen atoms in total. The van der Waals surface area contributed by atoms with Crippen molar-refractivity contribution in [1.29, 1.82) is 0 Å². The third kappa shape index (κ3) is 2.84. The summed E-state index contributed by atoms with van der Waals surface area (Å²) in [6.07, 6.45) is 2.07. The minimum Gasteiger partial charge on any atom is -0.493 e. The molecule has 3 heteroatoms. The van der Waals surface area contributed by atoms with Crippen molar-refractivity contribution < 1.29 is 4.74 Å². The van der Waals surface area contributed by atoms with E-state index in [1.54, 1.807) is 0 Å². The molecular weight excluding hydrogens is 284 g/mol. The minimum atomic E-state index is 0.358. The quantitative estimate of drug-likeness (QED) is 0.752. The number of para-hydroxylation sites is 1. The first-order valence-corrected chi connectivity index (χ1v) is 8.39. The predicted molar refractivity (Wildman–Crippen MR) is 93.8 cm³/mol. The van der Waals surface area contributed by atoms with E-state index in [0.29, 0.717) is 6.04 Å². The zero-order valence-electron chi connectivity index (χ0n) is 13.4. The maximum absolute atomic E-state index is 5.81. The maximum atomic E-state index is 5.81. The van der Waals surface area contributed by atoms with Gasteiger partial charge in [0.1, 0.15) is 5.75 Å². The van der Waals surface area contributed by atoms with E-state index >= 15 is 0 Å². The Morgan fingerprint density at radius 1 is 1.17 bits per heavy atom. The van der Waals surface area contributed by atoms with Crippen LogP contribution in [0, 0.1) is 0 Å². The number of benzene rings is 2. The molecule has 0 amide bonds. The molecule has 2 heterocycles. The van der Waals surface area contributed by atoms with Gasteiger partial charge in [0, 0.05) is 35.8 Å². The van der Waals surface area contributed by atoms with E-state index in [0.717, 1.165) is 31.7 Å². The zero-order valence-corrected chi connectivity index (χ0v) is 13.4. The Morgan fingerprint density at radius 3 is 2.96 bits per heavy atom. The van der Waals surface area contributed by atoms with Crippen LogP contribution in [0.25, 0.3) is 10.9 Å². The molecule has 0 aliphatic carbocycles. The number of ether oxygens (including phenoxy) is 1. The van der Waals surface area contributed by atoms with Gasteiger partial charge in [0.15, 0.2) is 0 Å². The summed E-state index contributed by atoms with van der Waals surface area (Å²) in [4.78, 5) is 3.49. The van der Waals surface area contributed by atoms with Crippen LogP contribution < -0.4 is 10.1 Å². The average Bonchev–Trinajstić information content (AvgIpc) is 3.02. The molecule has 1 aliphatic rings. The van der Waals surface area contributed by atoms with Crippen molar-refractivity contribution in [2.75, 3.05) is 6.61 Å². The van der Waals surface area contributed by atoms with Gasteiger partial charge in [-0.15, -0.1) is 0 Å². The number of aryl methyl sites for hydroxylation is 1. The highest BCUT2D eigenvalue weighted by atomic mass is 16.5. The Kier molecular flexibility index (Phi) is 3.80. The van der Waals surface area contributed by atoms with Crippen LogP contribution in [0.3, 0.4) is 0 Å². The summed E-state index contributed by atoms with van der Waals surface area (Å²) in [6, 6.07) is 17.6. The van der Waals surface area contributed by atoms with Crippen LogP contribution in [0.1, 0.15) is 36.2 Å². The number of rotatable bonds is 4. The Hall–Kier alpha value is -2.26. The lowest BCUT2D eigenvalue weighted by molar-refractivity contribution is 0.252. The lowest BCUT2D eigenvalue weighted by Crippen LogP contribution is -2.27. The summed E-state index contributed by atoms with van der Waals surface area (Å²) in [7, 11) is 0. The molecule has 1 atom stereocenters. The second-order valence-electron chi connectivity index (χ2n) is 6.18. The van der Waals surface area contributed by atoms with Crippen LogP contribution in [0.5, 0.6) is 5.75 Å². The minimum absolute atomic E-state index is 0.358. The molecular formula is C20H22N2O. The number of aromatic amines is 1. The fourth-order valence-corrected chi connectivity index (χ4v) is 3.34. The van der Waals surface area contributed by atoms with Gasteiger partial charge >= 0.3 is 0 Å². The van der Waals surface area contributed by atoms with Crippen LogP contribution in [-0.2, 0) is 13.0 Å². The summed E-state index contributed by atoms with van der Waals surface area (Å²) in [6.45, 7) is 3.82. The maximum Gasteiger partial charge on any atom is 0.124 e. The van der Waals surface area contributed by atoms with Crippen molar-refractivity contribution in [1.82, 2.24) is 10.3 Å². The molecule has 0 fully saturated rings. The summed E-state index contributed by atoms with van der Waals surface area (Å²) in [5.41, 5.74) is 5.09. The molecule has 4 rings (SSSR count). The molecule has 118 valence electrons. The van der Waals surface area contributed by atoms with Gasteiger partial charge in [-0.2, -0.15) is 0 Å². The highest BCUT2D eigenvalue weighted by Crippen LogP contribution is 2.33. The molecule has 0 unspecified atom stereocenters. The topological polar surface area (TPSA) is 37.0 Å². The van der Waals surface area contributed by atoms with E-state index < -0.39 is 0 Å². The number of hydrogen-bond donors (Lipinski definition) is 2. The van der Waals surface area contributed by atoms with Crippen molar-refractivity contribution in [2.24, 2.45) is 0 Å². The van der Waals surface area contributed by atoms with E-state index in [4.69, 9.17) is 4.74 Å². The van der Waals surface area contributed by atoms with Gasteiger partial charge in [-0.05, 0) is 35.6 Å². The van der Waals surface area contributed by atoms with Crippen LogP contribution in [0.4, 0.5) is 0 Å². The van der Waals surface area contributed by atoms with E-state index in [9.17, 15) is 0 Å².